The van der Waals surface area contributed by atoms with Crippen LogP contribution in [0.15, 0.2) is 0 Å². The summed E-state index contributed by atoms with van der Waals surface area (Å²) in [7, 11) is 1.46. The first kappa shape index (κ1) is 11.9. The molecule has 2 atom stereocenters. The summed E-state index contributed by atoms with van der Waals surface area (Å²) in [6, 6.07) is 0. The zero-order valence-corrected chi connectivity index (χ0v) is 9.91. The van der Waals surface area contributed by atoms with Crippen molar-refractivity contribution in [3.8, 4) is 0 Å². The van der Waals surface area contributed by atoms with Crippen LogP contribution in [0.3, 0.4) is 0 Å². The molecule has 16 heavy (non-hydrogen) atoms. The zero-order chi connectivity index (χ0) is 11.6. The van der Waals surface area contributed by atoms with Crippen molar-refractivity contribution in [2.24, 2.45) is 23.0 Å². The molecule has 2 aliphatic rings. The molecular weight excluding hydrogens is 206 g/mol. The third-order valence-electron chi connectivity index (χ3n) is 3.99. The van der Waals surface area contributed by atoms with Crippen molar-refractivity contribution in [2.75, 3.05) is 26.9 Å². The topological polar surface area (TPSA) is 61.5 Å². The van der Waals surface area contributed by atoms with Crippen LogP contribution >= 0.6 is 0 Å². The van der Waals surface area contributed by atoms with Crippen LogP contribution in [-0.2, 0) is 14.3 Å². The predicted octanol–water partition coefficient (Wildman–Crippen LogP) is 0.941. The van der Waals surface area contributed by atoms with Gasteiger partial charge in [0, 0.05) is 19.8 Å². The Morgan fingerprint density at radius 3 is 2.69 bits per heavy atom. The van der Waals surface area contributed by atoms with Gasteiger partial charge in [0.2, 0.25) is 0 Å². The minimum Gasteiger partial charge on any atom is -0.469 e. The monoisotopic (exact) mass is 227 g/mol. The van der Waals surface area contributed by atoms with Gasteiger partial charge in [-0.3, -0.25) is 4.79 Å². The average molecular weight is 227 g/mol. The van der Waals surface area contributed by atoms with E-state index in [9.17, 15) is 4.79 Å². The Morgan fingerprint density at radius 2 is 2.25 bits per heavy atom. The molecule has 0 bridgehead atoms. The van der Waals surface area contributed by atoms with Crippen LogP contribution < -0.4 is 5.73 Å². The summed E-state index contributed by atoms with van der Waals surface area (Å²) < 4.78 is 10.3. The van der Waals surface area contributed by atoms with Gasteiger partial charge >= 0.3 is 5.97 Å². The van der Waals surface area contributed by atoms with Crippen LogP contribution in [-0.4, -0.2) is 32.8 Å². The molecule has 0 aromatic carbocycles. The molecule has 1 saturated carbocycles. The summed E-state index contributed by atoms with van der Waals surface area (Å²) in [5, 5.41) is 0. The van der Waals surface area contributed by atoms with Crippen LogP contribution in [0.1, 0.15) is 25.7 Å². The van der Waals surface area contributed by atoms with Gasteiger partial charge in [0.15, 0.2) is 0 Å². The second-order valence-electron chi connectivity index (χ2n) is 5.06. The van der Waals surface area contributed by atoms with Crippen molar-refractivity contribution in [1.29, 1.82) is 0 Å². The van der Waals surface area contributed by atoms with Gasteiger partial charge in [-0.2, -0.15) is 0 Å². The van der Waals surface area contributed by atoms with E-state index >= 15 is 0 Å². The molecule has 0 radical (unpaired) electrons. The standard InChI is InChI=1S/C12H21NO3/c1-15-11(14)12(8-13,10-2-3-10)6-9-4-5-16-7-9/h9-10H,2-8,13H2,1H3. The van der Waals surface area contributed by atoms with E-state index in [2.05, 4.69) is 0 Å². The number of hydrogen-bond acceptors (Lipinski definition) is 4. The highest BCUT2D eigenvalue weighted by molar-refractivity contribution is 5.78. The minimum atomic E-state index is -0.437. The lowest BCUT2D eigenvalue weighted by Gasteiger charge is -2.31. The Hall–Kier alpha value is -0.610. The molecule has 4 nitrogen and oxygen atoms in total. The van der Waals surface area contributed by atoms with Gasteiger partial charge in [-0.05, 0) is 37.5 Å². The van der Waals surface area contributed by atoms with Crippen molar-refractivity contribution in [2.45, 2.75) is 25.7 Å². The van der Waals surface area contributed by atoms with Gasteiger partial charge < -0.3 is 15.2 Å². The zero-order valence-electron chi connectivity index (χ0n) is 9.91. The molecule has 2 fully saturated rings. The Balaban J connectivity index is 2.08. The van der Waals surface area contributed by atoms with E-state index in [1.54, 1.807) is 0 Å². The lowest BCUT2D eigenvalue weighted by atomic mass is 9.74. The first-order valence-corrected chi connectivity index (χ1v) is 6.09. The van der Waals surface area contributed by atoms with Crippen molar-refractivity contribution in [1.82, 2.24) is 0 Å². The minimum absolute atomic E-state index is 0.121. The van der Waals surface area contributed by atoms with E-state index in [4.69, 9.17) is 15.2 Å². The van der Waals surface area contributed by atoms with Crippen LogP contribution in [0.25, 0.3) is 0 Å². The van der Waals surface area contributed by atoms with E-state index in [-0.39, 0.29) is 5.97 Å². The van der Waals surface area contributed by atoms with Crippen LogP contribution in [0.5, 0.6) is 0 Å². The Kier molecular flexibility index (Phi) is 3.50. The molecule has 1 aliphatic carbocycles. The number of methoxy groups -OCH3 is 1. The predicted molar refractivity (Wildman–Crippen MR) is 59.8 cm³/mol. The Labute approximate surface area is 96.5 Å². The molecule has 1 saturated heterocycles. The van der Waals surface area contributed by atoms with E-state index in [1.165, 1.54) is 7.11 Å². The molecule has 4 heteroatoms. The second kappa shape index (κ2) is 4.72. The normalized spacial score (nSPS) is 28.8. The first-order chi connectivity index (χ1) is 7.73. The third-order valence-corrected chi connectivity index (χ3v) is 3.99. The highest BCUT2D eigenvalue weighted by Crippen LogP contribution is 2.50. The van der Waals surface area contributed by atoms with E-state index in [1.807, 2.05) is 0 Å². The van der Waals surface area contributed by atoms with Crippen LogP contribution in [0.2, 0.25) is 0 Å². The second-order valence-corrected chi connectivity index (χ2v) is 5.06. The number of nitrogens with two attached hydrogens (primary N) is 1. The van der Waals surface area contributed by atoms with Gasteiger partial charge in [0.05, 0.1) is 12.5 Å². The van der Waals surface area contributed by atoms with Gasteiger partial charge in [0.25, 0.3) is 0 Å². The van der Waals surface area contributed by atoms with E-state index < -0.39 is 5.41 Å². The molecule has 2 rings (SSSR count). The lowest BCUT2D eigenvalue weighted by molar-refractivity contribution is -0.155. The maximum atomic E-state index is 12.0. The fourth-order valence-corrected chi connectivity index (χ4v) is 2.85. The van der Waals surface area contributed by atoms with E-state index in [0.29, 0.717) is 18.4 Å². The van der Waals surface area contributed by atoms with Crippen LogP contribution in [0.4, 0.5) is 0 Å². The Bertz CT molecular complexity index is 259. The van der Waals surface area contributed by atoms with Crippen molar-refractivity contribution < 1.29 is 14.3 Å². The number of rotatable bonds is 5. The number of ether oxygens (including phenoxy) is 2. The summed E-state index contributed by atoms with van der Waals surface area (Å²) in [6.45, 7) is 1.99. The van der Waals surface area contributed by atoms with Crippen LogP contribution in [0, 0.1) is 17.3 Å². The molecule has 1 heterocycles. The van der Waals surface area contributed by atoms with Gasteiger partial charge in [-0.15, -0.1) is 0 Å². The number of esters is 1. The molecule has 2 N–H and O–H groups in total. The third kappa shape index (κ3) is 2.09. The highest BCUT2D eigenvalue weighted by atomic mass is 16.5. The van der Waals surface area contributed by atoms with Crippen molar-refractivity contribution in [3.05, 3.63) is 0 Å². The molecule has 1 aliphatic heterocycles. The maximum absolute atomic E-state index is 12.0. The molecule has 0 aromatic rings. The average Bonchev–Trinajstić information content (AvgIpc) is 3.04. The summed E-state index contributed by atoms with van der Waals surface area (Å²) in [5.41, 5.74) is 5.42. The fourth-order valence-electron chi connectivity index (χ4n) is 2.85. The summed E-state index contributed by atoms with van der Waals surface area (Å²) in [6.07, 6.45) is 4.10. The summed E-state index contributed by atoms with van der Waals surface area (Å²) in [4.78, 5) is 12.0. The van der Waals surface area contributed by atoms with Crippen molar-refractivity contribution >= 4 is 5.97 Å². The molecule has 0 spiro atoms. The van der Waals surface area contributed by atoms with Crippen molar-refractivity contribution in [3.63, 3.8) is 0 Å². The number of carbonyl (C=O) groups excluding carboxylic acids is 1. The highest BCUT2D eigenvalue weighted by Gasteiger charge is 2.51. The SMILES string of the molecule is COC(=O)C(CN)(CC1CCOC1)C1CC1. The molecule has 2 unspecified atom stereocenters. The van der Waals surface area contributed by atoms with Gasteiger partial charge in [0.1, 0.15) is 0 Å². The molecule has 92 valence electrons. The number of carbonyl (C=O) groups is 1. The molecule has 0 amide bonds. The largest absolute Gasteiger partial charge is 0.469 e. The molecule has 0 aromatic heterocycles. The summed E-state index contributed by atoms with van der Waals surface area (Å²) >= 11 is 0. The molecular formula is C12H21NO3. The van der Waals surface area contributed by atoms with E-state index in [0.717, 1.165) is 38.9 Å². The summed E-state index contributed by atoms with van der Waals surface area (Å²) in [5.74, 6) is 0.790. The first-order valence-electron chi connectivity index (χ1n) is 6.09. The quantitative estimate of drug-likeness (QED) is 0.710. The smallest absolute Gasteiger partial charge is 0.313 e. The maximum Gasteiger partial charge on any atom is 0.313 e. The fraction of sp³-hybridized carbons (Fsp3) is 0.917. The Morgan fingerprint density at radius 1 is 1.50 bits per heavy atom. The van der Waals surface area contributed by atoms with Gasteiger partial charge in [-0.1, -0.05) is 0 Å². The van der Waals surface area contributed by atoms with Gasteiger partial charge in [-0.25, -0.2) is 0 Å². The number of hydrogen-bond donors (Lipinski definition) is 1. The lowest BCUT2D eigenvalue weighted by Crippen LogP contribution is -2.43.